The van der Waals surface area contributed by atoms with E-state index < -0.39 is 17.2 Å². The van der Waals surface area contributed by atoms with E-state index in [0.717, 1.165) is 15.0 Å². The molecule has 34 heavy (non-hydrogen) atoms. The Bertz CT molecular complexity index is 1540. The smallest absolute Gasteiger partial charge is 0.337 e. The van der Waals surface area contributed by atoms with E-state index in [9.17, 15) is 14.4 Å². The number of hydrogen-bond donors (Lipinski definition) is 1. The largest absolute Gasteiger partial charge is 0.497 e. The van der Waals surface area contributed by atoms with Crippen LogP contribution in [0.5, 0.6) is 11.5 Å². The molecule has 0 saturated heterocycles. The van der Waals surface area contributed by atoms with Gasteiger partial charge in [0.05, 0.1) is 31.0 Å². The number of nitrogens with one attached hydrogen (secondary N) is 1. The Labute approximate surface area is 203 Å². The number of carbonyl (C=O) groups excluding carboxylic acids is 1. The molecule has 0 spiro atoms. The van der Waals surface area contributed by atoms with Gasteiger partial charge in [-0.3, -0.25) is 14.2 Å². The molecule has 0 aliphatic carbocycles. The molecule has 0 bridgehead atoms. The summed E-state index contributed by atoms with van der Waals surface area (Å²) in [6.07, 6.45) is 0. The minimum atomic E-state index is -0.631. The summed E-state index contributed by atoms with van der Waals surface area (Å²) in [4.78, 5) is 41.3. The Morgan fingerprint density at radius 2 is 1.85 bits per heavy atom. The second kappa shape index (κ2) is 9.36. The standard InChI is InChI=1S/C24H22ClN3O5S/c1-13-14(2)34-23-21(13)22(30)28(16-7-5-6-15(25)10-16)24(31)27(23)12-20(29)26-18-11-17(32-3)8-9-19(18)33-4/h5-11H,12H2,1-4H3,(H,26,29). The second-order valence-corrected chi connectivity index (χ2v) is 9.21. The summed E-state index contributed by atoms with van der Waals surface area (Å²) in [7, 11) is 3.01. The molecule has 1 amide bonds. The topological polar surface area (TPSA) is 91.6 Å². The number of halogens is 1. The van der Waals surface area contributed by atoms with Gasteiger partial charge < -0.3 is 14.8 Å². The van der Waals surface area contributed by atoms with Crippen molar-refractivity contribution in [1.29, 1.82) is 0 Å². The zero-order valence-corrected chi connectivity index (χ0v) is 20.5. The predicted octanol–water partition coefficient (Wildman–Crippen LogP) is 4.14. The number of benzene rings is 2. The van der Waals surface area contributed by atoms with Crippen LogP contribution in [0.3, 0.4) is 0 Å². The highest BCUT2D eigenvalue weighted by atomic mass is 35.5. The zero-order valence-electron chi connectivity index (χ0n) is 19.0. The lowest BCUT2D eigenvalue weighted by molar-refractivity contribution is -0.116. The minimum Gasteiger partial charge on any atom is -0.497 e. The van der Waals surface area contributed by atoms with Crippen molar-refractivity contribution in [2.45, 2.75) is 20.4 Å². The molecule has 176 valence electrons. The van der Waals surface area contributed by atoms with Crippen LogP contribution in [0.1, 0.15) is 10.4 Å². The molecule has 0 unspecified atom stereocenters. The van der Waals surface area contributed by atoms with Gasteiger partial charge in [0.15, 0.2) is 0 Å². The third kappa shape index (κ3) is 4.20. The molecule has 0 aliphatic heterocycles. The van der Waals surface area contributed by atoms with Gasteiger partial charge in [-0.05, 0) is 49.7 Å². The van der Waals surface area contributed by atoms with E-state index in [0.29, 0.717) is 38.1 Å². The maximum absolute atomic E-state index is 13.5. The molecule has 0 fully saturated rings. The predicted molar refractivity (Wildman–Crippen MR) is 134 cm³/mol. The fraction of sp³-hybridized carbons (Fsp3) is 0.208. The monoisotopic (exact) mass is 499 g/mol. The maximum Gasteiger partial charge on any atom is 0.337 e. The Kier molecular flexibility index (Phi) is 6.49. The molecule has 0 atom stereocenters. The molecule has 0 radical (unpaired) electrons. The average molecular weight is 500 g/mol. The van der Waals surface area contributed by atoms with Crippen LogP contribution in [0.25, 0.3) is 15.9 Å². The number of nitrogens with zero attached hydrogens (tertiary/aromatic N) is 2. The fourth-order valence-corrected chi connectivity index (χ4v) is 5.01. The molecule has 10 heteroatoms. The molecule has 0 aliphatic rings. The third-order valence-electron chi connectivity index (χ3n) is 5.50. The van der Waals surface area contributed by atoms with Crippen molar-refractivity contribution >= 4 is 44.7 Å². The average Bonchev–Trinajstić information content (AvgIpc) is 3.11. The van der Waals surface area contributed by atoms with E-state index in [2.05, 4.69) is 5.32 Å². The molecule has 4 aromatic rings. The molecular weight excluding hydrogens is 478 g/mol. The molecule has 2 heterocycles. The van der Waals surface area contributed by atoms with Crippen LogP contribution in [-0.2, 0) is 11.3 Å². The van der Waals surface area contributed by atoms with E-state index in [1.165, 1.54) is 36.2 Å². The van der Waals surface area contributed by atoms with E-state index in [4.69, 9.17) is 21.1 Å². The quantitative estimate of drug-likeness (QED) is 0.430. The van der Waals surface area contributed by atoms with Crippen molar-refractivity contribution in [3.05, 3.63) is 78.8 Å². The molecule has 2 aromatic heterocycles. The van der Waals surface area contributed by atoms with Crippen LogP contribution >= 0.6 is 22.9 Å². The van der Waals surface area contributed by atoms with Gasteiger partial charge in [0, 0.05) is 16.0 Å². The summed E-state index contributed by atoms with van der Waals surface area (Å²) >= 11 is 7.41. The summed E-state index contributed by atoms with van der Waals surface area (Å²) in [5.74, 6) is 0.517. The first-order valence-electron chi connectivity index (χ1n) is 10.3. The van der Waals surface area contributed by atoms with Crippen LogP contribution in [-0.4, -0.2) is 29.3 Å². The van der Waals surface area contributed by atoms with E-state index in [1.807, 2.05) is 13.8 Å². The first-order chi connectivity index (χ1) is 16.2. The van der Waals surface area contributed by atoms with Gasteiger partial charge in [0.25, 0.3) is 5.56 Å². The van der Waals surface area contributed by atoms with E-state index in [1.54, 1.807) is 36.4 Å². The van der Waals surface area contributed by atoms with Gasteiger partial charge in [-0.25, -0.2) is 9.36 Å². The summed E-state index contributed by atoms with van der Waals surface area (Å²) in [6, 6.07) is 11.5. The van der Waals surface area contributed by atoms with Crippen LogP contribution in [0, 0.1) is 13.8 Å². The van der Waals surface area contributed by atoms with E-state index in [-0.39, 0.29) is 6.54 Å². The molecule has 1 N–H and O–H groups in total. The number of fused-ring (bicyclic) bond motifs is 1. The zero-order chi connectivity index (χ0) is 24.6. The van der Waals surface area contributed by atoms with Crippen LogP contribution in [0.2, 0.25) is 5.02 Å². The van der Waals surface area contributed by atoms with Gasteiger partial charge in [0.1, 0.15) is 22.9 Å². The Morgan fingerprint density at radius 3 is 2.53 bits per heavy atom. The molecule has 8 nitrogen and oxygen atoms in total. The molecule has 4 rings (SSSR count). The third-order valence-corrected chi connectivity index (χ3v) is 6.97. The summed E-state index contributed by atoms with van der Waals surface area (Å²) in [6.45, 7) is 3.39. The first kappa shape index (κ1) is 23.6. The Morgan fingerprint density at radius 1 is 1.09 bits per heavy atom. The highest BCUT2D eigenvalue weighted by molar-refractivity contribution is 7.18. The minimum absolute atomic E-state index is 0.310. The van der Waals surface area contributed by atoms with E-state index >= 15 is 0 Å². The van der Waals surface area contributed by atoms with Crippen molar-refractivity contribution in [1.82, 2.24) is 9.13 Å². The lowest BCUT2D eigenvalue weighted by atomic mass is 10.2. The number of anilines is 1. The molecular formula is C24H22ClN3O5S. The summed E-state index contributed by atoms with van der Waals surface area (Å²) in [5.41, 5.74) is 0.419. The summed E-state index contributed by atoms with van der Waals surface area (Å²) in [5, 5.41) is 3.56. The van der Waals surface area contributed by atoms with Gasteiger partial charge >= 0.3 is 5.69 Å². The number of thiophene rings is 1. The number of ether oxygens (including phenoxy) is 2. The number of amides is 1. The summed E-state index contributed by atoms with van der Waals surface area (Å²) < 4.78 is 12.9. The molecule has 2 aromatic carbocycles. The second-order valence-electron chi connectivity index (χ2n) is 7.57. The number of aryl methyl sites for hydroxylation is 2. The van der Waals surface area contributed by atoms with Crippen LogP contribution < -0.4 is 26.0 Å². The normalized spacial score (nSPS) is 11.0. The Hall–Kier alpha value is -3.56. The number of aromatic nitrogens is 2. The number of carbonyl (C=O) groups is 1. The number of methoxy groups -OCH3 is 2. The lowest BCUT2D eigenvalue weighted by Crippen LogP contribution is -2.40. The van der Waals surface area contributed by atoms with Gasteiger partial charge in [0.2, 0.25) is 5.91 Å². The van der Waals surface area contributed by atoms with Crippen molar-refractivity contribution in [2.24, 2.45) is 0 Å². The van der Waals surface area contributed by atoms with Gasteiger partial charge in [-0.15, -0.1) is 11.3 Å². The first-order valence-corrected chi connectivity index (χ1v) is 11.5. The van der Waals surface area contributed by atoms with Crippen LogP contribution in [0.4, 0.5) is 5.69 Å². The highest BCUT2D eigenvalue weighted by Gasteiger charge is 2.21. The maximum atomic E-state index is 13.5. The van der Waals surface area contributed by atoms with Crippen LogP contribution in [0.15, 0.2) is 52.1 Å². The Balaban J connectivity index is 1.85. The highest BCUT2D eigenvalue weighted by Crippen LogP contribution is 2.30. The lowest BCUT2D eigenvalue weighted by Gasteiger charge is -2.14. The van der Waals surface area contributed by atoms with Crippen molar-refractivity contribution in [3.8, 4) is 17.2 Å². The fourth-order valence-electron chi connectivity index (χ4n) is 3.68. The van der Waals surface area contributed by atoms with Crippen molar-refractivity contribution in [2.75, 3.05) is 19.5 Å². The number of rotatable bonds is 6. The van der Waals surface area contributed by atoms with Gasteiger partial charge in [-0.1, -0.05) is 17.7 Å². The van der Waals surface area contributed by atoms with Gasteiger partial charge in [-0.2, -0.15) is 0 Å². The SMILES string of the molecule is COc1ccc(OC)c(NC(=O)Cn2c(=O)n(-c3cccc(Cl)c3)c(=O)c3c(C)c(C)sc32)c1. The van der Waals surface area contributed by atoms with Crippen molar-refractivity contribution < 1.29 is 14.3 Å². The van der Waals surface area contributed by atoms with Crippen molar-refractivity contribution in [3.63, 3.8) is 0 Å². The molecule has 0 saturated carbocycles. The number of hydrogen-bond acceptors (Lipinski definition) is 6.